The van der Waals surface area contributed by atoms with Gasteiger partial charge >= 0.3 is 0 Å². The molecule has 0 saturated heterocycles. The third-order valence-electron chi connectivity index (χ3n) is 1.77. The molecule has 1 saturated carbocycles. The summed E-state index contributed by atoms with van der Waals surface area (Å²) >= 11 is 0. The molecule has 6 heteroatoms. The van der Waals surface area contributed by atoms with E-state index in [0.29, 0.717) is 0 Å². The Bertz CT molecular complexity index is 202. The highest BCUT2D eigenvalue weighted by Crippen LogP contribution is 2.10. The average molecular weight is 171 g/mol. The Kier molecular flexibility index (Phi) is 2.05. The maximum absolute atomic E-state index is 9.04. The van der Waals surface area contributed by atoms with Crippen LogP contribution in [0.5, 0.6) is 0 Å². The summed E-state index contributed by atoms with van der Waals surface area (Å²) in [4.78, 5) is 0. The first kappa shape index (κ1) is 8.98. The second kappa shape index (κ2) is 2.74. The second-order valence-electron chi connectivity index (χ2n) is 2.57. The summed E-state index contributed by atoms with van der Waals surface area (Å²) in [6, 6.07) is 0. The molecule has 0 unspecified atom stereocenters. The number of hydrogen-bond donors (Lipinski definition) is 6. The first-order valence-electron chi connectivity index (χ1n) is 3.26. The van der Waals surface area contributed by atoms with Gasteiger partial charge in [-0.3, -0.25) is 0 Å². The lowest BCUT2D eigenvalue weighted by molar-refractivity contribution is 0.210. The van der Waals surface area contributed by atoms with Crippen molar-refractivity contribution >= 4 is 17.1 Å². The van der Waals surface area contributed by atoms with Gasteiger partial charge < -0.3 is 31.5 Å². The minimum atomic E-state index is -1.57. The van der Waals surface area contributed by atoms with Crippen LogP contribution in [0.15, 0.2) is 0 Å². The van der Waals surface area contributed by atoms with Gasteiger partial charge in [0.05, 0.1) is 17.1 Å². The topological polar surface area (TPSA) is 132 Å². The fourth-order valence-corrected chi connectivity index (χ4v) is 0.951. The summed E-state index contributed by atoms with van der Waals surface area (Å²) in [5, 5.41) is 48.3. The molecule has 66 valence electrons. The molecule has 1 fully saturated rings. The Hall–Kier alpha value is -1.11. The predicted molar refractivity (Wildman–Crippen MR) is 41.2 cm³/mol. The maximum Gasteiger partial charge on any atom is 0.135 e. The van der Waals surface area contributed by atoms with E-state index in [4.69, 9.17) is 31.5 Å². The number of aliphatic hydroxyl groups excluding tert-OH is 3. The molecule has 0 aromatic heterocycles. The normalized spacial score (nSPS) is 37.2. The Morgan fingerprint density at radius 3 is 1.00 bits per heavy atom. The van der Waals surface area contributed by atoms with Crippen LogP contribution >= 0.6 is 0 Å². The number of aliphatic hydroxyl groups is 3. The quantitative estimate of drug-likeness (QED) is 0.255. The Morgan fingerprint density at radius 1 is 0.667 bits per heavy atom. The highest BCUT2D eigenvalue weighted by molar-refractivity contribution is 6.30. The molecule has 0 aromatic carbocycles. The van der Waals surface area contributed by atoms with E-state index in [-0.39, 0.29) is 0 Å². The summed E-state index contributed by atoms with van der Waals surface area (Å²) in [5.74, 6) is 0. The van der Waals surface area contributed by atoms with Gasteiger partial charge in [0.25, 0.3) is 0 Å². The van der Waals surface area contributed by atoms with Crippen LogP contribution in [0.25, 0.3) is 0 Å². The fourth-order valence-electron chi connectivity index (χ4n) is 0.951. The molecule has 0 aliphatic heterocycles. The van der Waals surface area contributed by atoms with Gasteiger partial charge in [-0.1, -0.05) is 0 Å². The molecule has 6 N–H and O–H groups in total. The molecule has 1 rings (SSSR count). The molecule has 0 aromatic rings. The van der Waals surface area contributed by atoms with Crippen LogP contribution in [0.4, 0.5) is 0 Å². The molecule has 12 heavy (non-hydrogen) atoms. The molecule has 6 nitrogen and oxygen atoms in total. The van der Waals surface area contributed by atoms with Gasteiger partial charge in [-0.25, -0.2) is 0 Å². The lowest BCUT2D eigenvalue weighted by atomic mass is 9.87. The van der Waals surface area contributed by atoms with E-state index in [0.717, 1.165) is 0 Å². The van der Waals surface area contributed by atoms with Crippen molar-refractivity contribution in [1.82, 2.24) is 0 Å². The highest BCUT2D eigenvalue weighted by atomic mass is 16.3. The summed E-state index contributed by atoms with van der Waals surface area (Å²) in [7, 11) is 0. The third kappa shape index (κ3) is 1.06. The van der Waals surface area contributed by atoms with Gasteiger partial charge in [0.1, 0.15) is 18.3 Å². The molecule has 0 radical (unpaired) electrons. The van der Waals surface area contributed by atoms with Crippen molar-refractivity contribution in [3.8, 4) is 0 Å². The van der Waals surface area contributed by atoms with Gasteiger partial charge in [0.2, 0.25) is 0 Å². The molecule has 0 heterocycles. The average Bonchev–Trinajstić information content (AvgIpc) is 2.08. The van der Waals surface area contributed by atoms with E-state index in [9.17, 15) is 0 Å². The SMILES string of the molecule is N=C1C(O)C(=N)C(O)C(=N)C1O. The van der Waals surface area contributed by atoms with Crippen molar-refractivity contribution in [3.05, 3.63) is 0 Å². The van der Waals surface area contributed by atoms with Crippen LogP contribution in [0, 0.1) is 16.2 Å². The second-order valence-corrected chi connectivity index (χ2v) is 2.57. The minimum Gasteiger partial charge on any atom is -0.381 e. The van der Waals surface area contributed by atoms with Crippen LogP contribution in [0.3, 0.4) is 0 Å². The molecular formula is C6H9N3O3. The lowest BCUT2D eigenvalue weighted by Gasteiger charge is -2.28. The van der Waals surface area contributed by atoms with Crippen LogP contribution in [-0.2, 0) is 0 Å². The maximum atomic E-state index is 9.04. The first-order valence-corrected chi connectivity index (χ1v) is 3.26. The zero-order chi connectivity index (χ0) is 9.46. The first-order chi connectivity index (χ1) is 5.46. The van der Waals surface area contributed by atoms with E-state index < -0.39 is 35.4 Å². The summed E-state index contributed by atoms with van der Waals surface area (Å²) in [6.45, 7) is 0. The molecule has 1 aliphatic carbocycles. The van der Waals surface area contributed by atoms with E-state index in [1.165, 1.54) is 0 Å². The van der Waals surface area contributed by atoms with Gasteiger partial charge in [-0.05, 0) is 0 Å². The van der Waals surface area contributed by atoms with Crippen molar-refractivity contribution < 1.29 is 15.3 Å². The smallest absolute Gasteiger partial charge is 0.135 e. The molecule has 0 spiro atoms. The Morgan fingerprint density at radius 2 is 0.833 bits per heavy atom. The van der Waals surface area contributed by atoms with Gasteiger partial charge in [-0.15, -0.1) is 0 Å². The molecule has 0 bridgehead atoms. The van der Waals surface area contributed by atoms with Crippen molar-refractivity contribution in [3.63, 3.8) is 0 Å². The van der Waals surface area contributed by atoms with E-state index >= 15 is 0 Å². The van der Waals surface area contributed by atoms with Gasteiger partial charge in [-0.2, -0.15) is 0 Å². The zero-order valence-electron chi connectivity index (χ0n) is 6.07. The Labute approximate surface area is 68.0 Å². The molecule has 0 amide bonds. The Balaban J connectivity index is 2.99. The number of rotatable bonds is 0. The van der Waals surface area contributed by atoms with Crippen molar-refractivity contribution in [2.45, 2.75) is 18.3 Å². The fraction of sp³-hybridized carbons (Fsp3) is 0.500. The lowest BCUT2D eigenvalue weighted by Crippen LogP contribution is -2.56. The minimum absolute atomic E-state index is 0.532. The van der Waals surface area contributed by atoms with Crippen molar-refractivity contribution in [2.75, 3.05) is 0 Å². The van der Waals surface area contributed by atoms with Crippen LogP contribution < -0.4 is 0 Å². The van der Waals surface area contributed by atoms with E-state index in [1.807, 2.05) is 0 Å². The van der Waals surface area contributed by atoms with Crippen molar-refractivity contribution in [2.24, 2.45) is 0 Å². The van der Waals surface area contributed by atoms with E-state index in [2.05, 4.69) is 0 Å². The van der Waals surface area contributed by atoms with E-state index in [1.54, 1.807) is 0 Å². The largest absolute Gasteiger partial charge is 0.381 e. The third-order valence-corrected chi connectivity index (χ3v) is 1.77. The summed E-state index contributed by atoms with van der Waals surface area (Å²) < 4.78 is 0. The van der Waals surface area contributed by atoms with Crippen LogP contribution in [-0.4, -0.2) is 50.8 Å². The van der Waals surface area contributed by atoms with Gasteiger partial charge in [0.15, 0.2) is 0 Å². The monoisotopic (exact) mass is 171 g/mol. The summed E-state index contributed by atoms with van der Waals surface area (Å²) in [5.41, 5.74) is -1.60. The highest BCUT2D eigenvalue weighted by Gasteiger charge is 2.39. The summed E-state index contributed by atoms with van der Waals surface area (Å²) in [6.07, 6.45) is -4.70. The predicted octanol–water partition coefficient (Wildman–Crippen LogP) is -1.86. The zero-order valence-corrected chi connectivity index (χ0v) is 6.07. The van der Waals surface area contributed by atoms with Gasteiger partial charge in [0, 0.05) is 0 Å². The van der Waals surface area contributed by atoms with Crippen LogP contribution in [0.1, 0.15) is 0 Å². The number of hydrogen-bond acceptors (Lipinski definition) is 6. The number of nitrogens with one attached hydrogen (secondary N) is 3. The molecule has 1 aliphatic rings. The molecular weight excluding hydrogens is 162 g/mol. The molecule has 0 atom stereocenters. The van der Waals surface area contributed by atoms with Crippen LogP contribution in [0.2, 0.25) is 0 Å². The standard InChI is InChI=1S/C6H9N3O3/c7-1-4(10)2(8)6(12)3(9)5(1)11/h4-12H. The van der Waals surface area contributed by atoms with Crippen molar-refractivity contribution in [1.29, 1.82) is 16.2 Å².